The van der Waals surface area contributed by atoms with Gasteiger partial charge < -0.3 is 9.47 Å². The first-order valence-electron chi connectivity index (χ1n) is 3.59. The quantitative estimate of drug-likeness (QED) is 0.766. The minimum absolute atomic E-state index is 0.510. The lowest BCUT2D eigenvalue weighted by molar-refractivity contribution is 0.112. The SMILES string of the molecule is COc1cc(C=O)c(Br)c(OC)c1. The van der Waals surface area contributed by atoms with E-state index in [1.807, 2.05) is 0 Å². The lowest BCUT2D eigenvalue weighted by Gasteiger charge is -2.07. The first kappa shape index (κ1) is 10.1. The van der Waals surface area contributed by atoms with E-state index in [0.717, 1.165) is 6.29 Å². The molecule has 0 aromatic heterocycles. The van der Waals surface area contributed by atoms with Gasteiger partial charge in [0.05, 0.1) is 18.7 Å². The van der Waals surface area contributed by atoms with E-state index < -0.39 is 0 Å². The highest BCUT2D eigenvalue weighted by molar-refractivity contribution is 9.10. The van der Waals surface area contributed by atoms with Crippen LogP contribution in [0.2, 0.25) is 0 Å². The Hall–Kier alpha value is -1.03. The molecule has 0 heterocycles. The molecule has 1 aromatic carbocycles. The van der Waals surface area contributed by atoms with Gasteiger partial charge in [-0.15, -0.1) is 0 Å². The van der Waals surface area contributed by atoms with Gasteiger partial charge in [0.15, 0.2) is 6.29 Å². The van der Waals surface area contributed by atoms with Crippen molar-refractivity contribution < 1.29 is 14.3 Å². The summed E-state index contributed by atoms with van der Waals surface area (Å²) in [7, 11) is 3.07. The summed E-state index contributed by atoms with van der Waals surface area (Å²) in [4.78, 5) is 10.6. The van der Waals surface area contributed by atoms with Crippen LogP contribution >= 0.6 is 15.9 Å². The molecule has 0 unspecified atom stereocenters. The minimum atomic E-state index is 0.510. The van der Waals surface area contributed by atoms with Crippen molar-refractivity contribution in [2.24, 2.45) is 0 Å². The molecule has 3 nitrogen and oxygen atoms in total. The average molecular weight is 245 g/mol. The van der Waals surface area contributed by atoms with E-state index in [0.29, 0.717) is 21.5 Å². The molecule has 1 aromatic rings. The fourth-order valence-electron chi connectivity index (χ4n) is 0.945. The molecule has 0 aliphatic heterocycles. The molecule has 0 atom stereocenters. The fraction of sp³-hybridized carbons (Fsp3) is 0.222. The smallest absolute Gasteiger partial charge is 0.151 e. The number of carbonyl (C=O) groups is 1. The van der Waals surface area contributed by atoms with Gasteiger partial charge in [0.25, 0.3) is 0 Å². The first-order chi connectivity index (χ1) is 6.22. The van der Waals surface area contributed by atoms with Crippen LogP contribution in [0.4, 0.5) is 0 Å². The van der Waals surface area contributed by atoms with Gasteiger partial charge in [0.2, 0.25) is 0 Å². The molecule has 0 radical (unpaired) electrons. The minimum Gasteiger partial charge on any atom is -0.497 e. The lowest BCUT2D eigenvalue weighted by Crippen LogP contribution is -1.92. The second-order valence-corrected chi connectivity index (χ2v) is 3.14. The molecule has 0 bridgehead atoms. The van der Waals surface area contributed by atoms with Gasteiger partial charge in [0, 0.05) is 11.6 Å². The van der Waals surface area contributed by atoms with Crippen molar-refractivity contribution in [3.8, 4) is 11.5 Å². The number of benzene rings is 1. The van der Waals surface area contributed by atoms with Crippen LogP contribution in [0.1, 0.15) is 10.4 Å². The van der Waals surface area contributed by atoms with Gasteiger partial charge in [-0.2, -0.15) is 0 Å². The third-order valence-corrected chi connectivity index (χ3v) is 2.47. The largest absolute Gasteiger partial charge is 0.497 e. The van der Waals surface area contributed by atoms with Crippen molar-refractivity contribution in [3.05, 3.63) is 22.2 Å². The molecule has 0 aliphatic carbocycles. The van der Waals surface area contributed by atoms with Crippen LogP contribution in [0.5, 0.6) is 11.5 Å². The summed E-state index contributed by atoms with van der Waals surface area (Å²) in [6.45, 7) is 0. The number of ether oxygens (including phenoxy) is 2. The zero-order chi connectivity index (χ0) is 9.84. The topological polar surface area (TPSA) is 35.5 Å². The highest BCUT2D eigenvalue weighted by Gasteiger charge is 2.08. The molecule has 70 valence electrons. The second-order valence-electron chi connectivity index (χ2n) is 2.35. The Bertz CT molecular complexity index is 323. The van der Waals surface area contributed by atoms with Crippen molar-refractivity contribution in [2.45, 2.75) is 0 Å². The number of methoxy groups -OCH3 is 2. The van der Waals surface area contributed by atoms with Gasteiger partial charge in [-0.25, -0.2) is 0 Å². The molecule has 4 heteroatoms. The maximum absolute atomic E-state index is 10.6. The summed E-state index contributed by atoms with van der Waals surface area (Å²) in [5.41, 5.74) is 0.510. The Labute approximate surface area is 84.8 Å². The number of carbonyl (C=O) groups excluding carboxylic acids is 1. The molecule has 13 heavy (non-hydrogen) atoms. The molecular formula is C9H9BrO3. The van der Waals surface area contributed by atoms with Crippen LogP contribution in [0.3, 0.4) is 0 Å². The molecule has 0 N–H and O–H groups in total. The van der Waals surface area contributed by atoms with E-state index in [9.17, 15) is 4.79 Å². The first-order valence-corrected chi connectivity index (χ1v) is 4.39. The van der Waals surface area contributed by atoms with Crippen LogP contribution in [-0.2, 0) is 0 Å². The van der Waals surface area contributed by atoms with Gasteiger partial charge in [-0.05, 0) is 22.0 Å². The number of hydrogen-bond donors (Lipinski definition) is 0. The predicted octanol–water partition coefficient (Wildman–Crippen LogP) is 2.28. The van der Waals surface area contributed by atoms with Crippen molar-refractivity contribution in [1.29, 1.82) is 0 Å². The monoisotopic (exact) mass is 244 g/mol. The Morgan fingerprint density at radius 3 is 2.46 bits per heavy atom. The van der Waals surface area contributed by atoms with Crippen molar-refractivity contribution in [1.82, 2.24) is 0 Å². The Morgan fingerprint density at radius 1 is 1.31 bits per heavy atom. The number of halogens is 1. The van der Waals surface area contributed by atoms with Crippen molar-refractivity contribution in [3.63, 3.8) is 0 Å². The summed E-state index contributed by atoms with van der Waals surface area (Å²) in [6, 6.07) is 3.34. The molecule has 0 saturated carbocycles. The standard InChI is InChI=1S/C9H9BrO3/c1-12-7-3-6(5-11)9(10)8(4-7)13-2/h3-5H,1-2H3. The van der Waals surface area contributed by atoms with Gasteiger partial charge in [-0.1, -0.05) is 0 Å². The van der Waals surface area contributed by atoms with Crippen molar-refractivity contribution >= 4 is 22.2 Å². The van der Waals surface area contributed by atoms with E-state index in [1.165, 1.54) is 14.2 Å². The number of hydrogen-bond acceptors (Lipinski definition) is 3. The number of aldehydes is 1. The molecule has 0 amide bonds. The Morgan fingerprint density at radius 2 is 2.00 bits per heavy atom. The molecule has 0 saturated heterocycles. The zero-order valence-corrected chi connectivity index (χ0v) is 8.92. The molecular weight excluding hydrogens is 236 g/mol. The van der Waals surface area contributed by atoms with E-state index in [1.54, 1.807) is 12.1 Å². The van der Waals surface area contributed by atoms with Crippen LogP contribution in [0.25, 0.3) is 0 Å². The van der Waals surface area contributed by atoms with Gasteiger partial charge in [0.1, 0.15) is 11.5 Å². The average Bonchev–Trinajstić information content (AvgIpc) is 2.18. The summed E-state index contributed by atoms with van der Waals surface area (Å²) in [5.74, 6) is 1.18. The molecule has 0 aliphatic rings. The molecule has 0 fully saturated rings. The van der Waals surface area contributed by atoms with E-state index in [2.05, 4.69) is 15.9 Å². The fourth-order valence-corrected chi connectivity index (χ4v) is 1.43. The Kier molecular flexibility index (Phi) is 3.31. The van der Waals surface area contributed by atoms with Gasteiger partial charge in [-0.3, -0.25) is 4.79 Å². The molecule has 1 rings (SSSR count). The van der Waals surface area contributed by atoms with E-state index in [-0.39, 0.29) is 0 Å². The van der Waals surface area contributed by atoms with E-state index in [4.69, 9.17) is 9.47 Å². The number of rotatable bonds is 3. The van der Waals surface area contributed by atoms with Crippen molar-refractivity contribution in [2.75, 3.05) is 14.2 Å². The van der Waals surface area contributed by atoms with Crippen LogP contribution < -0.4 is 9.47 Å². The summed E-state index contributed by atoms with van der Waals surface area (Å²) >= 11 is 3.25. The van der Waals surface area contributed by atoms with Gasteiger partial charge >= 0.3 is 0 Å². The highest BCUT2D eigenvalue weighted by Crippen LogP contribution is 2.32. The zero-order valence-electron chi connectivity index (χ0n) is 7.33. The Balaban J connectivity index is 3.28. The summed E-state index contributed by atoms with van der Waals surface area (Å²) < 4.78 is 10.7. The third-order valence-electron chi connectivity index (χ3n) is 1.62. The maximum Gasteiger partial charge on any atom is 0.151 e. The van der Waals surface area contributed by atoms with E-state index >= 15 is 0 Å². The molecule has 0 spiro atoms. The van der Waals surface area contributed by atoms with Crippen LogP contribution in [0, 0.1) is 0 Å². The normalized spacial score (nSPS) is 9.46. The second kappa shape index (κ2) is 4.28. The summed E-state index contributed by atoms with van der Waals surface area (Å²) in [5, 5.41) is 0. The maximum atomic E-state index is 10.6. The third kappa shape index (κ3) is 2.01. The highest BCUT2D eigenvalue weighted by atomic mass is 79.9. The van der Waals surface area contributed by atoms with Crippen LogP contribution in [-0.4, -0.2) is 20.5 Å². The lowest BCUT2D eigenvalue weighted by atomic mass is 10.2. The summed E-state index contributed by atoms with van der Waals surface area (Å²) in [6.07, 6.45) is 0.745. The predicted molar refractivity (Wildman–Crippen MR) is 52.6 cm³/mol. The van der Waals surface area contributed by atoms with Crippen LogP contribution in [0.15, 0.2) is 16.6 Å².